The van der Waals surface area contributed by atoms with Gasteiger partial charge in [0.05, 0.1) is 18.6 Å². The van der Waals surface area contributed by atoms with Gasteiger partial charge in [-0.1, -0.05) is 6.42 Å². The van der Waals surface area contributed by atoms with Crippen molar-refractivity contribution in [1.82, 2.24) is 10.2 Å². The lowest BCUT2D eigenvalue weighted by atomic mass is 9.46. The molecule has 2 saturated heterocycles. The Labute approximate surface area is 150 Å². The molecule has 0 aromatic rings. The maximum Gasteiger partial charge on any atom is 0.310 e. The highest BCUT2D eigenvalue weighted by molar-refractivity contribution is 5.82. The van der Waals surface area contributed by atoms with E-state index in [1.165, 1.54) is 19.3 Å². The average Bonchev–Trinajstić information content (AvgIpc) is 3.00. The number of nitrogens with one attached hydrogen (secondary N) is 1. The van der Waals surface area contributed by atoms with Crippen LogP contribution in [0.15, 0.2) is 4.99 Å². The monoisotopic (exact) mass is 349 g/mol. The van der Waals surface area contributed by atoms with Crippen molar-refractivity contribution in [2.75, 3.05) is 33.4 Å². The van der Waals surface area contributed by atoms with Gasteiger partial charge in [-0.25, -0.2) is 0 Å². The number of carbonyl (C=O) groups is 1. The third-order valence-corrected chi connectivity index (χ3v) is 6.87. The quantitative estimate of drug-likeness (QED) is 0.478. The molecule has 6 nitrogen and oxygen atoms in total. The topological polar surface area (TPSA) is 63.2 Å². The molecule has 4 atom stereocenters. The normalized spacial score (nSPS) is 36.4. The lowest BCUT2D eigenvalue weighted by Crippen LogP contribution is -2.72. The largest absolute Gasteiger partial charge is 0.466 e. The van der Waals surface area contributed by atoms with Crippen molar-refractivity contribution in [1.29, 1.82) is 0 Å². The molecule has 1 spiro atoms. The van der Waals surface area contributed by atoms with E-state index in [9.17, 15) is 4.79 Å². The second-order valence-electron chi connectivity index (χ2n) is 8.04. The van der Waals surface area contributed by atoms with Gasteiger partial charge in [-0.05, 0) is 39.0 Å². The van der Waals surface area contributed by atoms with Gasteiger partial charge in [0.2, 0.25) is 0 Å². The summed E-state index contributed by atoms with van der Waals surface area (Å²) in [6, 6.07) is 0.482. The first kappa shape index (κ1) is 17.1. The van der Waals surface area contributed by atoms with Crippen molar-refractivity contribution >= 4 is 11.9 Å². The van der Waals surface area contributed by atoms with Gasteiger partial charge in [0, 0.05) is 44.1 Å². The van der Waals surface area contributed by atoms with E-state index in [0.29, 0.717) is 36.6 Å². The fourth-order valence-electron chi connectivity index (χ4n) is 5.51. The number of ether oxygens (including phenoxy) is 2. The van der Waals surface area contributed by atoms with Crippen LogP contribution < -0.4 is 5.32 Å². The number of rotatable bonds is 3. The summed E-state index contributed by atoms with van der Waals surface area (Å²) in [4.78, 5) is 18.9. The van der Waals surface area contributed by atoms with Crippen LogP contribution in [0.5, 0.6) is 0 Å². The number of piperidine rings is 1. The summed E-state index contributed by atoms with van der Waals surface area (Å²) in [7, 11) is 1.85. The van der Waals surface area contributed by atoms with Crippen LogP contribution >= 0.6 is 0 Å². The highest BCUT2D eigenvalue weighted by Crippen LogP contribution is 2.62. The Kier molecular flexibility index (Phi) is 4.65. The third-order valence-electron chi connectivity index (χ3n) is 6.87. The molecule has 0 aromatic carbocycles. The maximum absolute atomic E-state index is 12.1. The number of carbonyl (C=O) groups excluding carboxylic acids is 1. The van der Waals surface area contributed by atoms with Crippen molar-refractivity contribution in [3.63, 3.8) is 0 Å². The zero-order chi connectivity index (χ0) is 17.4. The summed E-state index contributed by atoms with van der Waals surface area (Å²) >= 11 is 0. The van der Waals surface area contributed by atoms with Crippen LogP contribution in [0.25, 0.3) is 0 Å². The molecule has 0 bridgehead atoms. The van der Waals surface area contributed by atoms with Crippen LogP contribution in [-0.4, -0.2) is 62.3 Å². The second kappa shape index (κ2) is 6.78. The van der Waals surface area contributed by atoms with E-state index >= 15 is 0 Å². The molecule has 0 aromatic heterocycles. The maximum atomic E-state index is 12.1. The zero-order valence-electron chi connectivity index (χ0n) is 15.5. The molecule has 6 heteroatoms. The average molecular weight is 349 g/mol. The summed E-state index contributed by atoms with van der Waals surface area (Å²) in [6.07, 6.45) is 7.41. The number of guanidine groups is 1. The van der Waals surface area contributed by atoms with Crippen LogP contribution in [0, 0.1) is 17.3 Å². The highest BCUT2D eigenvalue weighted by atomic mass is 16.5. The lowest BCUT2D eigenvalue weighted by Gasteiger charge is -2.63. The predicted molar refractivity (Wildman–Crippen MR) is 95.3 cm³/mol. The molecule has 140 valence electrons. The molecule has 3 unspecified atom stereocenters. The second-order valence-corrected chi connectivity index (χ2v) is 8.04. The van der Waals surface area contributed by atoms with E-state index < -0.39 is 0 Å². The van der Waals surface area contributed by atoms with Crippen LogP contribution in [0.2, 0.25) is 0 Å². The van der Waals surface area contributed by atoms with Crippen LogP contribution in [0.3, 0.4) is 0 Å². The van der Waals surface area contributed by atoms with Gasteiger partial charge in [0.25, 0.3) is 0 Å². The van der Waals surface area contributed by atoms with Gasteiger partial charge < -0.3 is 19.7 Å². The van der Waals surface area contributed by atoms with Crippen molar-refractivity contribution in [3.8, 4) is 0 Å². The van der Waals surface area contributed by atoms with Crippen LogP contribution in [0.4, 0.5) is 0 Å². The van der Waals surface area contributed by atoms with Crippen molar-refractivity contribution in [2.24, 2.45) is 22.2 Å². The van der Waals surface area contributed by atoms with E-state index in [4.69, 9.17) is 9.47 Å². The molecule has 2 saturated carbocycles. The number of nitrogens with zero attached hydrogens (tertiary/aromatic N) is 2. The summed E-state index contributed by atoms with van der Waals surface area (Å²) < 4.78 is 11.3. The lowest BCUT2D eigenvalue weighted by molar-refractivity contribution is -0.171. The Morgan fingerprint density at radius 2 is 2.20 bits per heavy atom. The molecule has 0 amide bonds. The first-order valence-electron chi connectivity index (χ1n) is 9.96. The summed E-state index contributed by atoms with van der Waals surface area (Å²) in [5.74, 6) is 1.48. The number of hydrogen-bond donors (Lipinski definition) is 1. The molecule has 2 aliphatic heterocycles. The van der Waals surface area contributed by atoms with Crippen LogP contribution in [0.1, 0.15) is 45.4 Å². The summed E-state index contributed by atoms with van der Waals surface area (Å²) in [5, 5.41) is 3.77. The van der Waals surface area contributed by atoms with E-state index in [0.717, 1.165) is 38.4 Å². The van der Waals surface area contributed by atoms with Gasteiger partial charge in [-0.15, -0.1) is 0 Å². The van der Waals surface area contributed by atoms with E-state index in [1.54, 1.807) is 0 Å². The Hall–Kier alpha value is -1.30. The van der Waals surface area contributed by atoms with Crippen LogP contribution in [-0.2, 0) is 14.3 Å². The molecule has 4 fully saturated rings. The van der Waals surface area contributed by atoms with Crippen molar-refractivity contribution in [2.45, 2.75) is 57.6 Å². The van der Waals surface area contributed by atoms with Crippen molar-refractivity contribution < 1.29 is 14.3 Å². The van der Waals surface area contributed by atoms with E-state index in [-0.39, 0.29) is 11.9 Å². The molecule has 4 rings (SSSR count). The number of fused-ring (bicyclic) bond motifs is 2. The Bertz CT molecular complexity index is 546. The third kappa shape index (κ3) is 2.73. The molecule has 25 heavy (non-hydrogen) atoms. The molecular weight excluding hydrogens is 318 g/mol. The van der Waals surface area contributed by atoms with Gasteiger partial charge in [0.1, 0.15) is 0 Å². The first-order chi connectivity index (χ1) is 12.2. The molecular formula is C19H31N3O3. The summed E-state index contributed by atoms with van der Waals surface area (Å²) in [5.41, 5.74) is 0.341. The van der Waals surface area contributed by atoms with Gasteiger partial charge in [-0.2, -0.15) is 0 Å². The Morgan fingerprint density at radius 1 is 1.36 bits per heavy atom. The van der Waals surface area contributed by atoms with E-state index in [2.05, 4.69) is 15.2 Å². The minimum absolute atomic E-state index is 0.0335. The van der Waals surface area contributed by atoms with Gasteiger partial charge in [-0.3, -0.25) is 9.79 Å². The standard InChI is InChI=1S/C19H31N3O3/c1-3-24-17(23)13-6-4-10-22(12-13)18(20-2)21-15-14-7-11-25-16(14)19(15)8-5-9-19/h13-16H,3-12H2,1-2H3,(H,20,21)/t13-,14?,15?,16?/m1/s1. The minimum Gasteiger partial charge on any atom is -0.466 e. The number of hydrogen-bond acceptors (Lipinski definition) is 4. The van der Waals surface area contributed by atoms with Gasteiger partial charge >= 0.3 is 5.97 Å². The SMILES string of the molecule is CCOC(=O)[C@@H]1CCCN(C(=NC)NC2C3CCOC3C23CCC3)C1. The highest BCUT2D eigenvalue weighted by Gasteiger charge is 2.66. The molecule has 1 N–H and O–H groups in total. The Morgan fingerprint density at radius 3 is 2.88 bits per heavy atom. The predicted octanol–water partition coefficient (Wildman–Crippen LogP) is 1.79. The molecule has 0 radical (unpaired) electrons. The van der Waals surface area contributed by atoms with E-state index in [1.807, 2.05) is 14.0 Å². The molecule has 4 aliphatic rings. The fraction of sp³-hybridized carbons (Fsp3) is 0.895. The molecule has 2 aliphatic carbocycles. The molecule has 2 heterocycles. The number of likely N-dealkylation sites (tertiary alicyclic amines) is 1. The first-order valence-corrected chi connectivity index (χ1v) is 9.96. The van der Waals surface area contributed by atoms with Gasteiger partial charge in [0.15, 0.2) is 5.96 Å². The number of esters is 1. The van der Waals surface area contributed by atoms with Crippen molar-refractivity contribution in [3.05, 3.63) is 0 Å². The smallest absolute Gasteiger partial charge is 0.310 e. The zero-order valence-corrected chi connectivity index (χ0v) is 15.5. The minimum atomic E-state index is -0.0639. The number of aliphatic imine (C=N–C) groups is 1. The Balaban J connectivity index is 1.41. The summed E-state index contributed by atoms with van der Waals surface area (Å²) in [6.45, 7) is 4.90. The fourth-order valence-corrected chi connectivity index (χ4v) is 5.51.